The Morgan fingerprint density at radius 2 is 2.29 bits per heavy atom. The molecule has 5 heteroatoms. The molecule has 17 heavy (non-hydrogen) atoms. The van der Waals surface area contributed by atoms with E-state index in [0.29, 0.717) is 11.4 Å². The van der Waals surface area contributed by atoms with Crippen molar-refractivity contribution in [1.29, 1.82) is 0 Å². The Labute approximate surface area is 97.7 Å². The van der Waals surface area contributed by atoms with E-state index in [0.717, 1.165) is 0 Å². The van der Waals surface area contributed by atoms with Gasteiger partial charge in [0, 0.05) is 6.20 Å². The topological polar surface area (TPSA) is 54.6 Å². The van der Waals surface area contributed by atoms with Gasteiger partial charge in [0.1, 0.15) is 0 Å². The summed E-state index contributed by atoms with van der Waals surface area (Å²) in [6.07, 6.45) is 1.48. The highest BCUT2D eigenvalue weighted by molar-refractivity contribution is 5.70. The fourth-order valence-electron chi connectivity index (χ4n) is 1.88. The minimum absolute atomic E-state index is 0.0589. The number of nitrogens with zero attached hydrogens (tertiary/aromatic N) is 2. The van der Waals surface area contributed by atoms with Crippen molar-refractivity contribution in [2.75, 3.05) is 0 Å². The van der Waals surface area contributed by atoms with E-state index in [9.17, 15) is 9.18 Å². The van der Waals surface area contributed by atoms with Gasteiger partial charge in [-0.1, -0.05) is 13.8 Å². The highest BCUT2D eigenvalue weighted by Gasteiger charge is 2.18. The summed E-state index contributed by atoms with van der Waals surface area (Å²) in [4.78, 5) is 15.0. The molecule has 0 saturated carbocycles. The van der Waals surface area contributed by atoms with Crippen LogP contribution in [-0.4, -0.2) is 20.5 Å². The third-order valence-electron chi connectivity index (χ3n) is 2.60. The Morgan fingerprint density at radius 3 is 2.88 bits per heavy atom. The number of carboxylic acid groups (broad SMARTS) is 1. The van der Waals surface area contributed by atoms with Crippen LogP contribution in [0, 0.1) is 5.82 Å². The highest BCUT2D eigenvalue weighted by Crippen LogP contribution is 2.22. The number of hydrogen-bond acceptors (Lipinski definition) is 2. The van der Waals surface area contributed by atoms with Crippen LogP contribution < -0.4 is 0 Å². The summed E-state index contributed by atoms with van der Waals surface area (Å²) in [6.45, 7) is 3.82. The number of aliphatic carboxylic acids is 1. The molecular weight excluding hydrogens is 223 g/mol. The van der Waals surface area contributed by atoms with Crippen molar-refractivity contribution < 1.29 is 14.3 Å². The van der Waals surface area contributed by atoms with Gasteiger partial charge in [0.25, 0.3) is 0 Å². The number of pyridine rings is 1. The van der Waals surface area contributed by atoms with E-state index in [-0.39, 0.29) is 18.0 Å². The maximum absolute atomic E-state index is 13.5. The number of carbonyl (C=O) groups is 1. The van der Waals surface area contributed by atoms with Crippen LogP contribution in [0.1, 0.15) is 31.2 Å². The molecule has 4 nitrogen and oxygen atoms in total. The van der Waals surface area contributed by atoms with Gasteiger partial charge >= 0.3 is 5.97 Å². The van der Waals surface area contributed by atoms with Crippen LogP contribution in [0.5, 0.6) is 0 Å². The number of aromatic nitrogens is 2. The zero-order valence-electron chi connectivity index (χ0n) is 9.64. The fourth-order valence-corrected chi connectivity index (χ4v) is 1.88. The largest absolute Gasteiger partial charge is 0.481 e. The van der Waals surface area contributed by atoms with Gasteiger partial charge < -0.3 is 9.51 Å². The molecule has 0 fully saturated rings. The Bertz CT molecular complexity index is 575. The summed E-state index contributed by atoms with van der Waals surface area (Å²) in [6, 6.07) is 2.86. The van der Waals surface area contributed by atoms with Crippen molar-refractivity contribution in [3.05, 3.63) is 35.5 Å². The molecule has 2 aromatic heterocycles. The van der Waals surface area contributed by atoms with Gasteiger partial charge in [0.2, 0.25) is 0 Å². The predicted octanol–water partition coefficient (Wildman–Crippen LogP) is 2.22. The highest BCUT2D eigenvalue weighted by atomic mass is 19.1. The molecule has 0 bridgehead atoms. The molecular formula is C12H13FN2O2. The summed E-state index contributed by atoms with van der Waals surface area (Å²) >= 11 is 0. The average Bonchev–Trinajstić information content (AvgIpc) is 2.58. The minimum Gasteiger partial charge on any atom is -0.481 e. The Morgan fingerprint density at radius 1 is 1.59 bits per heavy atom. The number of rotatable bonds is 3. The third kappa shape index (κ3) is 2.00. The standard InChI is InChI=1S/C12H13FN2O2/c1-7(2)11-9(6-10(16)17)15-5-3-4-8(13)12(15)14-11/h3-5,7H,6H2,1-2H3,(H,16,17). The van der Waals surface area contributed by atoms with Gasteiger partial charge in [-0.2, -0.15) is 0 Å². The summed E-state index contributed by atoms with van der Waals surface area (Å²) in [5.74, 6) is -1.33. The van der Waals surface area contributed by atoms with Crippen LogP contribution in [0.4, 0.5) is 4.39 Å². The summed E-state index contributed by atoms with van der Waals surface area (Å²) < 4.78 is 15.1. The van der Waals surface area contributed by atoms with E-state index < -0.39 is 11.8 Å². The molecule has 0 aliphatic heterocycles. The van der Waals surface area contributed by atoms with Crippen LogP contribution in [-0.2, 0) is 11.2 Å². The van der Waals surface area contributed by atoms with Gasteiger partial charge in [-0.25, -0.2) is 9.37 Å². The molecule has 2 aromatic rings. The van der Waals surface area contributed by atoms with Gasteiger partial charge in [0.15, 0.2) is 11.5 Å². The SMILES string of the molecule is CC(C)c1nc2c(F)cccn2c1CC(=O)O. The van der Waals surface area contributed by atoms with Crippen molar-refractivity contribution in [1.82, 2.24) is 9.38 Å². The lowest BCUT2D eigenvalue weighted by Crippen LogP contribution is -2.06. The van der Waals surface area contributed by atoms with Crippen LogP contribution >= 0.6 is 0 Å². The first kappa shape index (κ1) is 11.6. The lowest BCUT2D eigenvalue weighted by atomic mass is 10.1. The van der Waals surface area contributed by atoms with Crippen LogP contribution in [0.15, 0.2) is 18.3 Å². The van der Waals surface area contributed by atoms with Crippen molar-refractivity contribution >= 4 is 11.6 Å². The molecule has 0 spiro atoms. The Balaban J connectivity index is 2.71. The molecule has 0 aliphatic rings. The molecule has 1 N–H and O–H groups in total. The number of imidazole rings is 1. The molecule has 0 saturated heterocycles. The first-order valence-electron chi connectivity index (χ1n) is 5.38. The van der Waals surface area contributed by atoms with E-state index in [1.54, 1.807) is 12.3 Å². The van der Waals surface area contributed by atoms with Gasteiger partial charge in [0.05, 0.1) is 17.8 Å². The lowest BCUT2D eigenvalue weighted by molar-refractivity contribution is -0.136. The van der Waals surface area contributed by atoms with Gasteiger partial charge in [-0.15, -0.1) is 0 Å². The Kier molecular flexibility index (Phi) is 2.83. The first-order chi connectivity index (χ1) is 8.00. The van der Waals surface area contributed by atoms with Crippen molar-refractivity contribution in [3.8, 4) is 0 Å². The first-order valence-corrected chi connectivity index (χ1v) is 5.38. The van der Waals surface area contributed by atoms with E-state index >= 15 is 0 Å². The van der Waals surface area contributed by atoms with E-state index in [1.165, 1.54) is 10.5 Å². The molecule has 0 aliphatic carbocycles. The van der Waals surface area contributed by atoms with Gasteiger partial charge in [-0.3, -0.25) is 4.79 Å². The fraction of sp³-hybridized carbons (Fsp3) is 0.333. The monoisotopic (exact) mass is 236 g/mol. The van der Waals surface area contributed by atoms with Crippen LogP contribution in [0.2, 0.25) is 0 Å². The molecule has 0 aromatic carbocycles. The second-order valence-corrected chi connectivity index (χ2v) is 4.22. The number of fused-ring (bicyclic) bond motifs is 1. The van der Waals surface area contributed by atoms with Crippen LogP contribution in [0.3, 0.4) is 0 Å². The summed E-state index contributed by atoms with van der Waals surface area (Å²) in [7, 11) is 0. The molecule has 0 atom stereocenters. The molecule has 2 rings (SSSR count). The van der Waals surface area contributed by atoms with Gasteiger partial charge in [-0.05, 0) is 18.1 Å². The normalized spacial score (nSPS) is 11.3. The zero-order chi connectivity index (χ0) is 12.6. The van der Waals surface area contributed by atoms with Crippen molar-refractivity contribution in [2.24, 2.45) is 0 Å². The molecule has 90 valence electrons. The maximum Gasteiger partial charge on any atom is 0.309 e. The second-order valence-electron chi connectivity index (χ2n) is 4.22. The number of hydrogen-bond donors (Lipinski definition) is 1. The van der Waals surface area contributed by atoms with E-state index in [2.05, 4.69) is 4.98 Å². The lowest BCUT2D eigenvalue weighted by Gasteiger charge is -2.04. The summed E-state index contributed by atoms with van der Waals surface area (Å²) in [5.41, 5.74) is 1.37. The quantitative estimate of drug-likeness (QED) is 0.889. The molecule has 0 unspecified atom stereocenters. The average molecular weight is 236 g/mol. The predicted molar refractivity (Wildman–Crippen MR) is 60.6 cm³/mol. The second kappa shape index (κ2) is 4.16. The van der Waals surface area contributed by atoms with Crippen molar-refractivity contribution in [2.45, 2.75) is 26.2 Å². The molecule has 0 radical (unpaired) electrons. The number of carboxylic acids is 1. The maximum atomic E-state index is 13.5. The molecule has 0 amide bonds. The molecule has 2 heterocycles. The Hall–Kier alpha value is -1.91. The van der Waals surface area contributed by atoms with Crippen molar-refractivity contribution in [3.63, 3.8) is 0 Å². The summed E-state index contributed by atoms with van der Waals surface area (Å²) in [5, 5.41) is 8.89. The number of halogens is 1. The zero-order valence-corrected chi connectivity index (χ0v) is 9.64. The van der Waals surface area contributed by atoms with E-state index in [4.69, 9.17) is 5.11 Å². The van der Waals surface area contributed by atoms with Crippen LogP contribution in [0.25, 0.3) is 5.65 Å². The smallest absolute Gasteiger partial charge is 0.309 e. The minimum atomic E-state index is -0.946. The third-order valence-corrected chi connectivity index (χ3v) is 2.60. The van der Waals surface area contributed by atoms with E-state index in [1.807, 2.05) is 13.8 Å².